The molecule has 1 unspecified atom stereocenters. The molecule has 1 atom stereocenters. The SMILES string of the molecule is C[Si](COCCC(=O)N1CC(=O)N2c3ncc(C(F)(F)F)cc3CCC2C1)Nc1cn[nH]c(=O)c1C(F)(F)F. The summed E-state index contributed by atoms with van der Waals surface area (Å²) in [6, 6.07) is 0.572. The lowest BCUT2D eigenvalue weighted by molar-refractivity contribution is -0.139. The molecule has 0 aromatic carbocycles. The topological polar surface area (TPSA) is 121 Å². The molecule has 0 bridgehead atoms. The third kappa shape index (κ3) is 6.40. The lowest BCUT2D eigenvalue weighted by atomic mass is 9.95. The van der Waals surface area contributed by atoms with Crippen LogP contribution in [0.25, 0.3) is 0 Å². The number of H-pyrrole nitrogens is 1. The van der Waals surface area contributed by atoms with Crippen molar-refractivity contribution >= 4 is 32.3 Å². The Morgan fingerprint density at radius 2 is 1.95 bits per heavy atom. The third-order valence-corrected chi connectivity index (χ3v) is 7.59. The molecule has 17 heteroatoms. The van der Waals surface area contributed by atoms with Gasteiger partial charge in [-0.15, -0.1) is 0 Å². The highest BCUT2D eigenvalue weighted by Gasteiger charge is 2.41. The second-order valence-corrected chi connectivity index (χ2v) is 11.2. The molecule has 0 aliphatic carbocycles. The standard InChI is InChI=1S/C22H23F6N6O4Si/c1-39(32-15-8-30-31-20(37)18(15)22(26,27)28)11-38-5-4-16(35)33-9-14-3-2-12-6-13(21(23,24)25)7-29-19(12)34(14)17(36)10-33/h6-8,14H,2-5,9-11H2,1H3,(H2,31,32,37). The zero-order chi connectivity index (χ0) is 28.5. The molecule has 1 radical (unpaired) electrons. The smallest absolute Gasteiger partial charge is 0.407 e. The van der Waals surface area contributed by atoms with Crippen LogP contribution in [0.15, 0.2) is 23.3 Å². The molecule has 2 aliphatic heterocycles. The molecular weight excluding hydrogens is 554 g/mol. The fraction of sp³-hybridized carbons (Fsp3) is 0.500. The highest BCUT2D eigenvalue weighted by Crippen LogP contribution is 2.36. The van der Waals surface area contributed by atoms with E-state index >= 15 is 0 Å². The average molecular weight is 578 g/mol. The summed E-state index contributed by atoms with van der Waals surface area (Å²) in [5, 5.41) is 5.14. The molecule has 4 rings (SSSR count). The normalized spacial score (nSPS) is 17.7. The van der Waals surface area contributed by atoms with Crippen molar-refractivity contribution in [1.29, 1.82) is 0 Å². The lowest BCUT2D eigenvalue weighted by Crippen LogP contribution is -2.59. The van der Waals surface area contributed by atoms with Gasteiger partial charge in [-0.05, 0) is 24.5 Å². The van der Waals surface area contributed by atoms with Crippen LogP contribution in [-0.2, 0) is 33.1 Å². The molecule has 2 aromatic rings. The number of aryl methyl sites for hydroxylation is 1. The van der Waals surface area contributed by atoms with Gasteiger partial charge in [-0.2, -0.15) is 31.4 Å². The minimum Gasteiger partial charge on any atom is -0.407 e. The number of aromatic nitrogens is 3. The summed E-state index contributed by atoms with van der Waals surface area (Å²) >= 11 is 0. The molecule has 0 saturated carbocycles. The van der Waals surface area contributed by atoms with Crippen molar-refractivity contribution in [2.24, 2.45) is 0 Å². The molecule has 2 amide bonds. The molecule has 1 saturated heterocycles. The number of piperazine rings is 1. The van der Waals surface area contributed by atoms with Gasteiger partial charge in [0.2, 0.25) is 11.8 Å². The Balaban J connectivity index is 1.28. The number of pyridine rings is 1. The van der Waals surface area contributed by atoms with Gasteiger partial charge in [-0.1, -0.05) is 6.55 Å². The third-order valence-electron chi connectivity index (χ3n) is 6.26. The number of amides is 2. The van der Waals surface area contributed by atoms with E-state index in [2.05, 4.69) is 15.1 Å². The fourth-order valence-corrected chi connectivity index (χ4v) is 5.68. The molecule has 2 aromatic heterocycles. The maximum atomic E-state index is 13.2. The number of carbonyl (C=O) groups excluding carboxylic acids is 2. The lowest BCUT2D eigenvalue weighted by Gasteiger charge is -2.43. The van der Waals surface area contributed by atoms with Gasteiger partial charge < -0.3 is 14.6 Å². The number of nitrogens with one attached hydrogen (secondary N) is 2. The number of rotatable bonds is 7. The zero-order valence-electron chi connectivity index (χ0n) is 20.4. The van der Waals surface area contributed by atoms with Gasteiger partial charge in [-0.25, -0.2) is 10.1 Å². The Hall–Kier alpha value is -3.47. The van der Waals surface area contributed by atoms with Crippen LogP contribution in [0.5, 0.6) is 0 Å². The Bertz CT molecular complexity index is 1300. The number of alkyl halides is 6. The fourth-order valence-electron chi connectivity index (χ4n) is 4.51. The van der Waals surface area contributed by atoms with Crippen LogP contribution in [0.3, 0.4) is 0 Å². The van der Waals surface area contributed by atoms with Gasteiger partial charge in [0.25, 0.3) is 5.56 Å². The quantitative estimate of drug-likeness (QED) is 0.295. The van der Waals surface area contributed by atoms with Gasteiger partial charge in [0, 0.05) is 12.7 Å². The number of fused-ring (bicyclic) bond motifs is 3. The molecular formula is C22H23F6N6O4Si. The van der Waals surface area contributed by atoms with Crippen molar-refractivity contribution in [3.8, 4) is 0 Å². The first-order valence-corrected chi connectivity index (χ1v) is 13.9. The molecule has 4 heterocycles. The van der Waals surface area contributed by atoms with Crippen molar-refractivity contribution in [2.75, 3.05) is 35.8 Å². The van der Waals surface area contributed by atoms with E-state index in [1.54, 1.807) is 11.6 Å². The van der Waals surface area contributed by atoms with Crippen LogP contribution in [0, 0.1) is 0 Å². The van der Waals surface area contributed by atoms with Crippen molar-refractivity contribution in [3.63, 3.8) is 0 Å². The van der Waals surface area contributed by atoms with E-state index in [1.165, 1.54) is 9.80 Å². The predicted molar refractivity (Wildman–Crippen MR) is 126 cm³/mol. The van der Waals surface area contributed by atoms with E-state index < -0.39 is 55.6 Å². The largest absolute Gasteiger partial charge is 0.423 e. The zero-order valence-corrected chi connectivity index (χ0v) is 21.4. The highest BCUT2D eigenvalue weighted by molar-refractivity contribution is 6.61. The molecule has 10 nitrogen and oxygen atoms in total. The van der Waals surface area contributed by atoms with Crippen molar-refractivity contribution in [2.45, 2.75) is 44.2 Å². The van der Waals surface area contributed by atoms with Crippen LogP contribution < -0.4 is 15.4 Å². The average Bonchev–Trinajstić information content (AvgIpc) is 2.84. The Labute approximate surface area is 219 Å². The van der Waals surface area contributed by atoms with E-state index in [0.717, 1.165) is 12.3 Å². The second kappa shape index (κ2) is 11.0. The summed E-state index contributed by atoms with van der Waals surface area (Å²) in [5.74, 6) is -0.650. The van der Waals surface area contributed by atoms with E-state index in [4.69, 9.17) is 4.74 Å². The van der Waals surface area contributed by atoms with E-state index in [-0.39, 0.29) is 50.5 Å². The number of aromatic amines is 1. The van der Waals surface area contributed by atoms with Gasteiger partial charge in [0.05, 0.1) is 42.7 Å². The number of carbonyl (C=O) groups is 2. The summed E-state index contributed by atoms with van der Waals surface area (Å²) < 4.78 is 84.0. The van der Waals surface area contributed by atoms with Crippen LogP contribution in [0.1, 0.15) is 29.5 Å². The molecule has 2 N–H and O–H groups in total. The molecule has 2 aliphatic rings. The van der Waals surface area contributed by atoms with Crippen molar-refractivity contribution in [1.82, 2.24) is 20.1 Å². The van der Waals surface area contributed by atoms with Gasteiger partial charge in [-0.3, -0.25) is 19.3 Å². The molecule has 1 fully saturated rings. The Morgan fingerprint density at radius 1 is 1.21 bits per heavy atom. The van der Waals surface area contributed by atoms with Crippen LogP contribution in [0.4, 0.5) is 37.8 Å². The van der Waals surface area contributed by atoms with E-state index in [0.29, 0.717) is 18.2 Å². The summed E-state index contributed by atoms with van der Waals surface area (Å²) in [6.07, 6.45) is -7.29. The number of anilines is 2. The first kappa shape index (κ1) is 28.5. The molecule has 39 heavy (non-hydrogen) atoms. The summed E-state index contributed by atoms with van der Waals surface area (Å²) in [7, 11) is -1.75. The van der Waals surface area contributed by atoms with E-state index in [1.807, 2.05) is 0 Å². The first-order chi connectivity index (χ1) is 18.3. The Kier molecular flexibility index (Phi) is 8.01. The van der Waals surface area contributed by atoms with Gasteiger partial charge >= 0.3 is 12.4 Å². The minimum absolute atomic E-state index is 0.0136. The predicted octanol–water partition coefficient (Wildman–Crippen LogP) is 2.37. The number of hydrogen-bond donors (Lipinski definition) is 2. The minimum atomic E-state index is -4.88. The van der Waals surface area contributed by atoms with Gasteiger partial charge in [0.15, 0.2) is 8.96 Å². The van der Waals surface area contributed by atoms with Crippen LogP contribution in [0.2, 0.25) is 6.55 Å². The van der Waals surface area contributed by atoms with Crippen molar-refractivity contribution < 1.29 is 40.7 Å². The van der Waals surface area contributed by atoms with Crippen LogP contribution >= 0.6 is 0 Å². The molecule has 211 valence electrons. The highest BCUT2D eigenvalue weighted by atomic mass is 28.3. The van der Waals surface area contributed by atoms with Crippen molar-refractivity contribution in [3.05, 3.63) is 45.5 Å². The monoisotopic (exact) mass is 577 g/mol. The number of nitrogens with zero attached hydrogens (tertiary/aromatic N) is 4. The van der Waals surface area contributed by atoms with E-state index in [9.17, 15) is 40.7 Å². The first-order valence-electron chi connectivity index (χ1n) is 11.7. The summed E-state index contributed by atoms with van der Waals surface area (Å²) in [6.45, 7) is 1.49. The number of halogens is 6. The van der Waals surface area contributed by atoms with Gasteiger partial charge in [0.1, 0.15) is 17.9 Å². The number of ether oxygens (including phenoxy) is 1. The maximum absolute atomic E-state index is 13.2. The van der Waals surface area contributed by atoms with Crippen LogP contribution in [-0.4, -0.2) is 72.8 Å². The second-order valence-electron chi connectivity index (χ2n) is 9.13. The summed E-state index contributed by atoms with van der Waals surface area (Å²) in [5.41, 5.74) is -3.78. The number of hydrogen-bond acceptors (Lipinski definition) is 7. The Morgan fingerprint density at radius 3 is 2.64 bits per heavy atom. The maximum Gasteiger partial charge on any atom is 0.423 e. The molecule has 0 spiro atoms. The summed E-state index contributed by atoms with van der Waals surface area (Å²) in [4.78, 5) is 46.3.